The second-order valence-electron chi connectivity index (χ2n) is 4.39. The van der Waals surface area contributed by atoms with Crippen molar-refractivity contribution in [2.24, 2.45) is 0 Å². The van der Waals surface area contributed by atoms with Gasteiger partial charge < -0.3 is 15.3 Å². The van der Waals surface area contributed by atoms with Crippen LogP contribution in [0.25, 0.3) is 0 Å². The topological polar surface area (TPSA) is 52.6 Å². The lowest BCUT2D eigenvalue weighted by atomic mass is 10.2. The molecule has 0 radical (unpaired) electrons. The van der Waals surface area contributed by atoms with E-state index >= 15 is 0 Å². The molecule has 4 heteroatoms. The monoisotopic (exact) mass is 234 g/mol. The molecular formula is C13H18N2O2. The lowest BCUT2D eigenvalue weighted by Gasteiger charge is -2.21. The first-order chi connectivity index (χ1) is 8.27. The van der Waals surface area contributed by atoms with E-state index in [1.165, 1.54) is 10.5 Å². The van der Waals surface area contributed by atoms with E-state index < -0.39 is 6.09 Å². The maximum absolute atomic E-state index is 10.9. The third kappa shape index (κ3) is 3.20. The van der Waals surface area contributed by atoms with Crippen molar-refractivity contribution in [3.8, 4) is 0 Å². The van der Waals surface area contributed by atoms with Gasteiger partial charge in [-0.25, -0.2) is 4.79 Å². The van der Waals surface area contributed by atoms with E-state index in [-0.39, 0.29) is 6.04 Å². The van der Waals surface area contributed by atoms with E-state index in [0.29, 0.717) is 6.54 Å². The molecule has 0 saturated carbocycles. The van der Waals surface area contributed by atoms with Crippen molar-refractivity contribution in [2.75, 3.05) is 13.1 Å². The fourth-order valence-electron chi connectivity index (χ4n) is 2.28. The highest BCUT2D eigenvalue weighted by Gasteiger charge is 2.27. The van der Waals surface area contributed by atoms with Crippen LogP contribution in [-0.4, -0.2) is 35.2 Å². The Morgan fingerprint density at radius 1 is 1.41 bits per heavy atom. The van der Waals surface area contributed by atoms with Crippen LogP contribution in [-0.2, 0) is 6.54 Å². The van der Waals surface area contributed by atoms with Crippen LogP contribution in [0.15, 0.2) is 30.3 Å². The first-order valence-corrected chi connectivity index (χ1v) is 6.01. The number of hydrogen-bond donors (Lipinski definition) is 2. The molecule has 1 aromatic carbocycles. The maximum atomic E-state index is 10.9. The van der Waals surface area contributed by atoms with E-state index in [4.69, 9.17) is 5.11 Å². The van der Waals surface area contributed by atoms with Gasteiger partial charge in [0.25, 0.3) is 0 Å². The molecule has 1 amide bonds. The summed E-state index contributed by atoms with van der Waals surface area (Å²) < 4.78 is 0. The Balaban J connectivity index is 1.77. The number of rotatable bonds is 4. The van der Waals surface area contributed by atoms with Crippen molar-refractivity contribution in [3.63, 3.8) is 0 Å². The molecule has 1 aliphatic rings. The van der Waals surface area contributed by atoms with Gasteiger partial charge in [0.2, 0.25) is 0 Å². The lowest BCUT2D eigenvalue weighted by molar-refractivity contribution is 0.139. The molecule has 0 bridgehead atoms. The van der Waals surface area contributed by atoms with Gasteiger partial charge >= 0.3 is 6.09 Å². The van der Waals surface area contributed by atoms with E-state index in [1.807, 2.05) is 18.2 Å². The van der Waals surface area contributed by atoms with Gasteiger partial charge in [0.1, 0.15) is 0 Å². The van der Waals surface area contributed by atoms with E-state index in [0.717, 1.165) is 25.9 Å². The summed E-state index contributed by atoms with van der Waals surface area (Å²) in [6.45, 7) is 2.21. The zero-order chi connectivity index (χ0) is 12.1. The van der Waals surface area contributed by atoms with Crippen LogP contribution in [0.1, 0.15) is 18.4 Å². The third-order valence-corrected chi connectivity index (χ3v) is 3.17. The summed E-state index contributed by atoms with van der Waals surface area (Å²) in [5.74, 6) is 0. The molecule has 17 heavy (non-hydrogen) atoms. The molecule has 1 aliphatic heterocycles. The number of likely N-dealkylation sites (tertiary alicyclic amines) is 1. The maximum Gasteiger partial charge on any atom is 0.407 e. The summed E-state index contributed by atoms with van der Waals surface area (Å²) in [7, 11) is 0. The Hall–Kier alpha value is -1.55. The summed E-state index contributed by atoms with van der Waals surface area (Å²) in [5, 5.41) is 12.3. The highest BCUT2D eigenvalue weighted by molar-refractivity contribution is 5.65. The molecule has 0 unspecified atom stereocenters. The van der Waals surface area contributed by atoms with Gasteiger partial charge in [0.15, 0.2) is 0 Å². The Kier molecular flexibility index (Phi) is 3.98. The van der Waals surface area contributed by atoms with Crippen LogP contribution in [0.2, 0.25) is 0 Å². The minimum absolute atomic E-state index is 0.135. The Morgan fingerprint density at radius 2 is 2.18 bits per heavy atom. The summed E-state index contributed by atoms with van der Waals surface area (Å²) in [5.41, 5.74) is 1.23. The van der Waals surface area contributed by atoms with Crippen LogP contribution in [0.3, 0.4) is 0 Å². The van der Waals surface area contributed by atoms with Crippen LogP contribution in [0.5, 0.6) is 0 Å². The molecule has 0 aliphatic carbocycles. The molecule has 4 nitrogen and oxygen atoms in total. The second-order valence-corrected chi connectivity index (χ2v) is 4.39. The van der Waals surface area contributed by atoms with Crippen LogP contribution < -0.4 is 5.32 Å². The van der Waals surface area contributed by atoms with Gasteiger partial charge in [-0.3, -0.25) is 0 Å². The predicted molar refractivity (Wildman–Crippen MR) is 65.9 cm³/mol. The van der Waals surface area contributed by atoms with Gasteiger partial charge in [-0.15, -0.1) is 0 Å². The number of amides is 1. The summed E-state index contributed by atoms with van der Waals surface area (Å²) in [6, 6.07) is 10.3. The predicted octanol–water partition coefficient (Wildman–Crippen LogP) is 1.92. The minimum atomic E-state index is -0.797. The quantitative estimate of drug-likeness (QED) is 0.836. The number of nitrogens with zero attached hydrogens (tertiary/aromatic N) is 1. The number of carbonyl (C=O) groups is 1. The second kappa shape index (κ2) is 5.68. The average Bonchev–Trinajstić information content (AvgIpc) is 2.79. The molecule has 92 valence electrons. The largest absolute Gasteiger partial charge is 0.465 e. The number of benzene rings is 1. The molecule has 1 atom stereocenters. The van der Waals surface area contributed by atoms with E-state index in [2.05, 4.69) is 17.4 Å². The normalized spacial score (nSPS) is 19.5. The van der Waals surface area contributed by atoms with Crippen LogP contribution >= 0.6 is 0 Å². The van der Waals surface area contributed by atoms with Gasteiger partial charge in [-0.2, -0.15) is 0 Å². The highest BCUT2D eigenvalue weighted by atomic mass is 16.4. The Labute approximate surface area is 101 Å². The van der Waals surface area contributed by atoms with Gasteiger partial charge in [0.05, 0.1) is 0 Å². The van der Waals surface area contributed by atoms with Crippen molar-refractivity contribution in [1.82, 2.24) is 10.2 Å². The van der Waals surface area contributed by atoms with Crippen molar-refractivity contribution < 1.29 is 9.90 Å². The average molecular weight is 234 g/mol. The fraction of sp³-hybridized carbons (Fsp3) is 0.462. The fourth-order valence-corrected chi connectivity index (χ4v) is 2.28. The molecule has 1 heterocycles. The summed E-state index contributed by atoms with van der Waals surface area (Å²) in [6.07, 6.45) is 1.15. The molecule has 1 saturated heterocycles. The van der Waals surface area contributed by atoms with Gasteiger partial charge in [-0.05, 0) is 18.4 Å². The van der Waals surface area contributed by atoms with E-state index in [9.17, 15) is 4.79 Å². The molecule has 2 N–H and O–H groups in total. The number of carboxylic acid groups (broad SMARTS) is 1. The lowest BCUT2D eigenvalue weighted by Crippen LogP contribution is -2.40. The smallest absolute Gasteiger partial charge is 0.407 e. The molecule has 0 spiro atoms. The molecule has 0 aromatic heterocycles. The van der Waals surface area contributed by atoms with Gasteiger partial charge in [-0.1, -0.05) is 30.3 Å². The van der Waals surface area contributed by atoms with Crippen molar-refractivity contribution in [1.29, 1.82) is 0 Å². The number of hydrogen-bond acceptors (Lipinski definition) is 2. The SMILES string of the molecule is O=C(O)N1CCC[C@H]1CNCc1ccccc1. The Bertz CT molecular complexity index is 367. The van der Waals surface area contributed by atoms with Crippen molar-refractivity contribution >= 4 is 6.09 Å². The minimum Gasteiger partial charge on any atom is -0.465 e. The summed E-state index contributed by atoms with van der Waals surface area (Å²) >= 11 is 0. The molecule has 1 fully saturated rings. The highest BCUT2D eigenvalue weighted by Crippen LogP contribution is 2.16. The first-order valence-electron chi connectivity index (χ1n) is 6.01. The molecular weight excluding hydrogens is 216 g/mol. The Morgan fingerprint density at radius 3 is 2.88 bits per heavy atom. The summed E-state index contributed by atoms with van der Waals surface area (Å²) in [4.78, 5) is 12.5. The van der Waals surface area contributed by atoms with Crippen molar-refractivity contribution in [2.45, 2.75) is 25.4 Å². The third-order valence-electron chi connectivity index (χ3n) is 3.17. The zero-order valence-corrected chi connectivity index (χ0v) is 9.80. The molecule has 2 rings (SSSR count). The molecule has 1 aromatic rings. The van der Waals surface area contributed by atoms with Gasteiger partial charge in [0, 0.05) is 25.7 Å². The number of nitrogens with one attached hydrogen (secondary N) is 1. The zero-order valence-electron chi connectivity index (χ0n) is 9.80. The van der Waals surface area contributed by atoms with E-state index in [1.54, 1.807) is 0 Å². The first kappa shape index (κ1) is 11.9. The van der Waals surface area contributed by atoms with Crippen LogP contribution in [0, 0.1) is 0 Å². The van der Waals surface area contributed by atoms with Crippen molar-refractivity contribution in [3.05, 3.63) is 35.9 Å². The standard InChI is InChI=1S/C13H18N2O2/c16-13(17)15-8-4-7-12(15)10-14-9-11-5-2-1-3-6-11/h1-3,5-6,12,14H,4,7-10H2,(H,16,17)/t12-/m0/s1. The van der Waals surface area contributed by atoms with Crippen LogP contribution in [0.4, 0.5) is 4.79 Å².